The van der Waals surface area contributed by atoms with Crippen LogP contribution in [0.5, 0.6) is 0 Å². The van der Waals surface area contributed by atoms with E-state index in [0.717, 1.165) is 76.2 Å². The molecule has 0 bridgehead atoms. The van der Waals surface area contributed by atoms with Gasteiger partial charge in [0.15, 0.2) is 0 Å². The van der Waals surface area contributed by atoms with Crippen molar-refractivity contribution in [3.63, 3.8) is 0 Å². The van der Waals surface area contributed by atoms with Gasteiger partial charge < -0.3 is 0 Å². The lowest BCUT2D eigenvalue weighted by molar-refractivity contribution is 0.120. The highest BCUT2D eigenvalue weighted by Gasteiger charge is 2.62. The molecule has 0 aromatic heterocycles. The molecule has 0 amide bonds. The zero-order valence-corrected chi connectivity index (χ0v) is 32.4. The predicted octanol–water partition coefficient (Wildman–Crippen LogP) is 13.1. The SMILES string of the molecule is Cc1ccc(C)c(C2C3CCCC3CC3C2CC(C)C3[Si](C)(C)C2C(C(C)C)CC3C(c4ccc(C(C)(C)C)cc4)CCCC32)c1. The van der Waals surface area contributed by atoms with Gasteiger partial charge in [-0.1, -0.05) is 128 Å². The average Bonchev–Trinajstić information content (AvgIpc) is 3.72. The molecule has 0 radical (unpaired) electrons. The van der Waals surface area contributed by atoms with Crippen molar-refractivity contribution in [3.05, 3.63) is 70.3 Å². The highest BCUT2D eigenvalue weighted by Crippen LogP contribution is 2.70. The Kier molecular flexibility index (Phi) is 8.80. The molecule has 0 aliphatic heterocycles. The maximum Gasteiger partial charge on any atom is 0.0547 e. The molecule has 1 heteroatoms. The second kappa shape index (κ2) is 12.2. The fraction of sp³-hybridized carbons (Fsp3) is 0.733. The summed E-state index contributed by atoms with van der Waals surface area (Å²) in [6, 6.07) is 17.5. The summed E-state index contributed by atoms with van der Waals surface area (Å²) in [6.07, 6.45) is 13.4. The summed E-state index contributed by atoms with van der Waals surface area (Å²) in [5, 5.41) is 0. The van der Waals surface area contributed by atoms with Crippen LogP contribution in [-0.4, -0.2) is 8.07 Å². The number of aryl methyl sites for hydroxylation is 2. The van der Waals surface area contributed by atoms with Gasteiger partial charge in [-0.05, 0) is 150 Å². The third-order valence-corrected chi connectivity index (χ3v) is 20.9. The molecule has 5 saturated carbocycles. The summed E-state index contributed by atoms with van der Waals surface area (Å²) >= 11 is 0. The number of hydrogen-bond acceptors (Lipinski definition) is 0. The van der Waals surface area contributed by atoms with Crippen molar-refractivity contribution in [2.24, 2.45) is 53.3 Å². The van der Waals surface area contributed by atoms with Crippen LogP contribution in [0, 0.1) is 67.1 Å². The van der Waals surface area contributed by atoms with Gasteiger partial charge in [0.2, 0.25) is 0 Å². The Hall–Kier alpha value is -1.34. The molecule has 0 saturated heterocycles. The molecule has 12 unspecified atom stereocenters. The van der Waals surface area contributed by atoms with E-state index >= 15 is 0 Å². The Morgan fingerprint density at radius 2 is 1.41 bits per heavy atom. The fourth-order valence-corrected chi connectivity index (χ4v) is 20.7. The first-order valence-electron chi connectivity index (χ1n) is 19.9. The van der Waals surface area contributed by atoms with Crippen molar-refractivity contribution < 1.29 is 0 Å². The standard InChI is InChI=1S/C45H68Si/c1-27(2)37-26-39-34(31-19-21-33(22-20-31)45(6,7)8)14-12-16-36(39)44(37)46(9,10)43-30(5)24-40-41(43)25-32-13-11-15-35(32)42(40)38-23-28(3)17-18-29(38)4/h17-23,27,30,32,34-37,39-44H,11-16,24-26H2,1-10H3. The Morgan fingerprint density at radius 1 is 0.717 bits per heavy atom. The van der Waals surface area contributed by atoms with Gasteiger partial charge in [0.25, 0.3) is 0 Å². The lowest BCUT2D eigenvalue weighted by Gasteiger charge is -2.51. The third kappa shape index (κ3) is 5.53. The molecular formula is C45H68Si. The topological polar surface area (TPSA) is 0 Å². The first-order chi connectivity index (χ1) is 21.8. The Balaban J connectivity index is 1.22. The van der Waals surface area contributed by atoms with Crippen LogP contribution >= 0.6 is 0 Å². The molecule has 7 rings (SSSR count). The molecule has 46 heavy (non-hydrogen) atoms. The molecule has 12 atom stereocenters. The summed E-state index contributed by atoms with van der Waals surface area (Å²) < 4.78 is 0. The molecule has 5 aliphatic carbocycles. The molecule has 2 aromatic rings. The van der Waals surface area contributed by atoms with Gasteiger partial charge in [-0.15, -0.1) is 0 Å². The smallest absolute Gasteiger partial charge is 0.0547 e. The minimum Gasteiger partial charge on any atom is -0.0689 e. The first-order valence-corrected chi connectivity index (χ1v) is 23.1. The normalized spacial score (nSPS) is 39.4. The number of benzene rings is 2. The monoisotopic (exact) mass is 637 g/mol. The van der Waals surface area contributed by atoms with E-state index in [1.54, 1.807) is 23.1 Å². The lowest BCUT2D eigenvalue weighted by Crippen LogP contribution is -2.49. The summed E-state index contributed by atoms with van der Waals surface area (Å²) in [7, 11) is -1.61. The number of fused-ring (bicyclic) bond motifs is 3. The van der Waals surface area contributed by atoms with E-state index in [1.165, 1.54) is 62.5 Å². The molecule has 0 heterocycles. The molecule has 0 spiro atoms. The van der Waals surface area contributed by atoms with Crippen molar-refractivity contribution in [1.29, 1.82) is 0 Å². The van der Waals surface area contributed by atoms with Gasteiger partial charge in [-0.2, -0.15) is 0 Å². The fourth-order valence-electron chi connectivity index (χ4n) is 14.1. The second-order valence-electron chi connectivity index (χ2n) is 19.8. The van der Waals surface area contributed by atoms with Crippen LogP contribution in [0.15, 0.2) is 42.5 Å². The van der Waals surface area contributed by atoms with Gasteiger partial charge in [-0.25, -0.2) is 0 Å². The quantitative estimate of drug-likeness (QED) is 0.286. The zero-order valence-electron chi connectivity index (χ0n) is 31.4. The van der Waals surface area contributed by atoms with Crippen LogP contribution in [0.2, 0.25) is 24.2 Å². The minimum absolute atomic E-state index is 0.231. The second-order valence-corrected chi connectivity index (χ2v) is 24.7. The number of rotatable bonds is 5. The van der Waals surface area contributed by atoms with Crippen molar-refractivity contribution in [3.8, 4) is 0 Å². The predicted molar refractivity (Wildman–Crippen MR) is 202 cm³/mol. The number of hydrogen-bond donors (Lipinski definition) is 0. The first kappa shape index (κ1) is 33.2. The van der Waals surface area contributed by atoms with E-state index in [4.69, 9.17) is 0 Å². The van der Waals surface area contributed by atoms with E-state index in [-0.39, 0.29) is 5.41 Å². The van der Waals surface area contributed by atoms with Crippen LogP contribution in [0.25, 0.3) is 0 Å². The molecule has 0 N–H and O–H groups in total. The van der Waals surface area contributed by atoms with E-state index in [1.807, 2.05) is 0 Å². The van der Waals surface area contributed by atoms with Gasteiger partial charge in [-0.3, -0.25) is 0 Å². The van der Waals surface area contributed by atoms with E-state index in [0.29, 0.717) is 0 Å². The van der Waals surface area contributed by atoms with E-state index in [9.17, 15) is 0 Å². The maximum absolute atomic E-state index is 2.95. The highest BCUT2D eigenvalue weighted by molar-refractivity contribution is 6.80. The minimum atomic E-state index is -1.61. The molecule has 5 aliphatic rings. The maximum atomic E-state index is 2.95. The van der Waals surface area contributed by atoms with Crippen molar-refractivity contribution >= 4 is 8.07 Å². The average molecular weight is 637 g/mol. The summed E-state index contributed by atoms with van der Waals surface area (Å²) in [5.41, 5.74) is 10.2. The van der Waals surface area contributed by atoms with Crippen LogP contribution in [0.4, 0.5) is 0 Å². The van der Waals surface area contributed by atoms with Crippen molar-refractivity contribution in [2.45, 2.75) is 155 Å². The van der Waals surface area contributed by atoms with Crippen molar-refractivity contribution in [2.75, 3.05) is 0 Å². The zero-order chi connectivity index (χ0) is 32.7. The molecule has 2 aromatic carbocycles. The largest absolute Gasteiger partial charge is 0.0689 e. The highest BCUT2D eigenvalue weighted by atomic mass is 28.3. The molecule has 252 valence electrons. The van der Waals surface area contributed by atoms with Gasteiger partial charge in [0, 0.05) is 0 Å². The third-order valence-electron chi connectivity index (χ3n) is 15.6. The molecular weight excluding hydrogens is 569 g/mol. The van der Waals surface area contributed by atoms with E-state index in [2.05, 4.69) is 111 Å². The van der Waals surface area contributed by atoms with Gasteiger partial charge in [0.05, 0.1) is 8.07 Å². The summed E-state index contributed by atoms with van der Waals surface area (Å²) in [6.45, 7) is 25.7. The molecule has 0 nitrogen and oxygen atoms in total. The van der Waals surface area contributed by atoms with Crippen molar-refractivity contribution in [1.82, 2.24) is 0 Å². The Bertz CT molecular complexity index is 1370. The van der Waals surface area contributed by atoms with Crippen LogP contribution in [-0.2, 0) is 5.41 Å². The molecule has 5 fully saturated rings. The van der Waals surface area contributed by atoms with Crippen LogP contribution in [0.3, 0.4) is 0 Å². The summed E-state index contributed by atoms with van der Waals surface area (Å²) in [5.74, 6) is 9.91. The van der Waals surface area contributed by atoms with Gasteiger partial charge >= 0.3 is 0 Å². The Morgan fingerprint density at radius 3 is 2.11 bits per heavy atom. The van der Waals surface area contributed by atoms with Crippen LogP contribution < -0.4 is 0 Å². The van der Waals surface area contributed by atoms with Crippen LogP contribution in [0.1, 0.15) is 139 Å². The van der Waals surface area contributed by atoms with E-state index < -0.39 is 8.07 Å². The Labute approximate surface area is 285 Å². The summed E-state index contributed by atoms with van der Waals surface area (Å²) in [4.78, 5) is 0. The lowest BCUT2D eigenvalue weighted by atomic mass is 9.61. The van der Waals surface area contributed by atoms with Gasteiger partial charge in [0.1, 0.15) is 0 Å².